The van der Waals surface area contributed by atoms with E-state index in [1.807, 2.05) is 0 Å². The molecule has 0 saturated heterocycles. The largest absolute Gasteiger partial charge is 0.480 e. The van der Waals surface area contributed by atoms with Crippen LogP contribution in [0.25, 0.3) is 0 Å². The Morgan fingerprint density at radius 2 is 1.77 bits per heavy atom. The fourth-order valence-corrected chi connectivity index (χ4v) is 3.07. The van der Waals surface area contributed by atoms with Gasteiger partial charge in [0, 0.05) is 6.42 Å². The van der Waals surface area contributed by atoms with Crippen molar-refractivity contribution in [3.63, 3.8) is 0 Å². The van der Waals surface area contributed by atoms with Gasteiger partial charge in [-0.3, -0.25) is 4.79 Å². The van der Waals surface area contributed by atoms with Gasteiger partial charge in [-0.15, -0.1) is 0 Å². The smallest absolute Gasteiger partial charge is 0.329 e. The van der Waals surface area contributed by atoms with Crippen LogP contribution in [-0.2, 0) is 16.0 Å². The summed E-state index contributed by atoms with van der Waals surface area (Å²) in [4.78, 5) is 23.4. The minimum atomic E-state index is -1.01. The molecule has 0 bridgehead atoms. The molecule has 1 aromatic rings. The highest BCUT2D eigenvalue weighted by molar-refractivity contribution is 5.87. The molecule has 4 nitrogen and oxygen atoms in total. The first-order valence-electron chi connectivity index (χ1n) is 8.12. The monoisotopic (exact) mass is 303 g/mol. The van der Waals surface area contributed by atoms with Gasteiger partial charge >= 0.3 is 5.97 Å². The molecule has 1 aromatic carbocycles. The van der Waals surface area contributed by atoms with Crippen LogP contribution in [0, 0.1) is 6.92 Å². The van der Waals surface area contributed by atoms with E-state index >= 15 is 0 Å². The number of aliphatic carboxylic acids is 1. The second-order valence-electron chi connectivity index (χ2n) is 6.34. The zero-order valence-corrected chi connectivity index (χ0v) is 13.2. The molecule has 1 fully saturated rings. The number of rotatable bonds is 7. The molecule has 1 amide bonds. The topological polar surface area (TPSA) is 66.4 Å². The summed E-state index contributed by atoms with van der Waals surface area (Å²) in [6.07, 6.45) is 5.94. The molecule has 120 valence electrons. The van der Waals surface area contributed by atoms with Crippen LogP contribution in [0.1, 0.15) is 56.1 Å². The lowest BCUT2D eigenvalue weighted by Gasteiger charge is -2.25. The predicted molar refractivity (Wildman–Crippen MR) is 85.7 cm³/mol. The molecule has 2 N–H and O–H groups in total. The molecule has 0 heterocycles. The first kappa shape index (κ1) is 16.5. The summed E-state index contributed by atoms with van der Waals surface area (Å²) in [7, 11) is 0. The molecule has 0 spiro atoms. The third kappa shape index (κ3) is 4.33. The first-order valence-corrected chi connectivity index (χ1v) is 8.12. The summed E-state index contributed by atoms with van der Waals surface area (Å²) in [5.74, 6) is -1.02. The van der Waals surface area contributed by atoms with E-state index in [4.69, 9.17) is 0 Å². The number of aryl methyl sites for hydroxylation is 2. The lowest BCUT2D eigenvalue weighted by Crippen LogP contribution is -2.52. The average molecular weight is 303 g/mol. The van der Waals surface area contributed by atoms with E-state index in [9.17, 15) is 14.7 Å². The van der Waals surface area contributed by atoms with Crippen LogP contribution in [0.4, 0.5) is 0 Å². The van der Waals surface area contributed by atoms with Crippen LogP contribution in [0.15, 0.2) is 24.3 Å². The van der Waals surface area contributed by atoms with E-state index < -0.39 is 11.5 Å². The van der Waals surface area contributed by atoms with Gasteiger partial charge in [0.15, 0.2) is 0 Å². The van der Waals surface area contributed by atoms with E-state index in [1.165, 1.54) is 11.1 Å². The average Bonchev–Trinajstić information content (AvgIpc) is 2.95. The molecule has 1 aliphatic carbocycles. The molecular weight excluding hydrogens is 278 g/mol. The van der Waals surface area contributed by atoms with Crippen LogP contribution >= 0.6 is 0 Å². The van der Waals surface area contributed by atoms with Gasteiger partial charge < -0.3 is 10.4 Å². The second kappa shape index (κ2) is 7.43. The maximum absolute atomic E-state index is 12.0. The van der Waals surface area contributed by atoms with E-state index in [0.717, 1.165) is 32.1 Å². The SMILES string of the molecule is Cc1ccc(CCCCC(=O)NC2(C(=O)O)CCCC2)cc1. The Morgan fingerprint density at radius 3 is 2.36 bits per heavy atom. The van der Waals surface area contributed by atoms with E-state index in [2.05, 4.69) is 36.5 Å². The molecular formula is C18H25NO3. The van der Waals surface area contributed by atoms with Crippen molar-refractivity contribution < 1.29 is 14.7 Å². The Kier molecular flexibility index (Phi) is 5.58. The van der Waals surface area contributed by atoms with Crippen molar-refractivity contribution in [2.75, 3.05) is 0 Å². The Hall–Kier alpha value is -1.84. The van der Waals surface area contributed by atoms with Crippen molar-refractivity contribution in [3.05, 3.63) is 35.4 Å². The number of nitrogens with one attached hydrogen (secondary N) is 1. The standard InChI is InChI=1S/C18H25NO3/c1-14-8-10-15(11-9-14)6-2-3-7-16(20)19-18(17(21)22)12-4-5-13-18/h8-11H,2-7,12-13H2,1H3,(H,19,20)(H,21,22). The van der Waals surface area contributed by atoms with Crippen LogP contribution in [0.3, 0.4) is 0 Å². The first-order chi connectivity index (χ1) is 10.5. The van der Waals surface area contributed by atoms with Crippen molar-refractivity contribution in [3.8, 4) is 0 Å². The van der Waals surface area contributed by atoms with Gasteiger partial charge in [-0.1, -0.05) is 42.7 Å². The minimum Gasteiger partial charge on any atom is -0.480 e. The Bertz CT molecular complexity index is 516. The normalized spacial score (nSPS) is 16.4. The van der Waals surface area contributed by atoms with Crippen molar-refractivity contribution >= 4 is 11.9 Å². The molecule has 0 atom stereocenters. The van der Waals surface area contributed by atoms with E-state index in [-0.39, 0.29) is 5.91 Å². The van der Waals surface area contributed by atoms with Gasteiger partial charge in [-0.05, 0) is 44.6 Å². The van der Waals surface area contributed by atoms with E-state index in [1.54, 1.807) is 0 Å². The predicted octanol–water partition coefficient (Wildman–Crippen LogP) is 3.22. The summed E-state index contributed by atoms with van der Waals surface area (Å²) in [6, 6.07) is 8.43. The Morgan fingerprint density at radius 1 is 1.14 bits per heavy atom. The number of unbranched alkanes of at least 4 members (excludes halogenated alkanes) is 1. The lowest BCUT2D eigenvalue weighted by molar-refractivity contribution is -0.147. The zero-order valence-electron chi connectivity index (χ0n) is 13.2. The molecule has 22 heavy (non-hydrogen) atoms. The van der Waals surface area contributed by atoms with Crippen LogP contribution < -0.4 is 5.32 Å². The summed E-state index contributed by atoms with van der Waals surface area (Å²) < 4.78 is 0. The number of amides is 1. The molecule has 0 aliphatic heterocycles. The lowest BCUT2D eigenvalue weighted by atomic mass is 9.97. The highest BCUT2D eigenvalue weighted by atomic mass is 16.4. The van der Waals surface area contributed by atoms with Crippen molar-refractivity contribution in [1.29, 1.82) is 0 Å². The molecule has 1 aliphatic rings. The quantitative estimate of drug-likeness (QED) is 0.760. The number of benzene rings is 1. The highest BCUT2D eigenvalue weighted by Crippen LogP contribution is 2.30. The molecule has 0 radical (unpaired) electrons. The Balaban J connectivity index is 1.71. The Labute approximate surface area is 131 Å². The van der Waals surface area contributed by atoms with Gasteiger partial charge in [-0.25, -0.2) is 4.79 Å². The van der Waals surface area contributed by atoms with Crippen molar-refractivity contribution in [2.24, 2.45) is 0 Å². The fourth-order valence-electron chi connectivity index (χ4n) is 3.07. The highest BCUT2D eigenvalue weighted by Gasteiger charge is 2.42. The fraction of sp³-hybridized carbons (Fsp3) is 0.556. The summed E-state index contributed by atoms with van der Waals surface area (Å²) in [6.45, 7) is 2.06. The summed E-state index contributed by atoms with van der Waals surface area (Å²) >= 11 is 0. The molecule has 1 saturated carbocycles. The van der Waals surface area contributed by atoms with E-state index in [0.29, 0.717) is 19.3 Å². The van der Waals surface area contributed by atoms with Crippen LogP contribution in [0.2, 0.25) is 0 Å². The van der Waals surface area contributed by atoms with Crippen LogP contribution in [-0.4, -0.2) is 22.5 Å². The second-order valence-corrected chi connectivity index (χ2v) is 6.34. The number of carboxylic acids is 1. The number of carbonyl (C=O) groups excluding carboxylic acids is 1. The maximum Gasteiger partial charge on any atom is 0.329 e. The van der Waals surface area contributed by atoms with Gasteiger partial charge in [0.25, 0.3) is 0 Å². The molecule has 2 rings (SSSR count). The molecule has 4 heteroatoms. The van der Waals surface area contributed by atoms with Gasteiger partial charge in [0.05, 0.1) is 0 Å². The number of hydrogen-bond acceptors (Lipinski definition) is 2. The molecule has 0 aromatic heterocycles. The summed E-state index contributed by atoms with van der Waals surface area (Å²) in [5.41, 5.74) is 1.52. The summed E-state index contributed by atoms with van der Waals surface area (Å²) in [5, 5.41) is 12.1. The number of carboxylic acid groups (broad SMARTS) is 1. The zero-order chi connectivity index (χ0) is 16.0. The van der Waals surface area contributed by atoms with Crippen molar-refractivity contribution in [1.82, 2.24) is 5.32 Å². The van der Waals surface area contributed by atoms with Gasteiger partial charge in [-0.2, -0.15) is 0 Å². The third-order valence-corrected chi connectivity index (χ3v) is 4.49. The number of hydrogen-bond donors (Lipinski definition) is 2. The van der Waals surface area contributed by atoms with Crippen LogP contribution in [0.5, 0.6) is 0 Å². The molecule has 0 unspecified atom stereocenters. The van der Waals surface area contributed by atoms with Gasteiger partial charge in [0.2, 0.25) is 5.91 Å². The van der Waals surface area contributed by atoms with Gasteiger partial charge in [0.1, 0.15) is 5.54 Å². The minimum absolute atomic E-state index is 0.131. The number of carbonyl (C=O) groups is 2. The van der Waals surface area contributed by atoms with Crippen molar-refractivity contribution in [2.45, 2.75) is 63.8 Å². The third-order valence-electron chi connectivity index (χ3n) is 4.49. The maximum atomic E-state index is 12.0.